The van der Waals surface area contributed by atoms with Gasteiger partial charge in [-0.1, -0.05) is 110 Å². The van der Waals surface area contributed by atoms with Gasteiger partial charge in [-0.05, 0) is 37.1 Å². The van der Waals surface area contributed by atoms with Crippen molar-refractivity contribution in [2.45, 2.75) is 128 Å². The van der Waals surface area contributed by atoms with Crippen molar-refractivity contribution in [1.82, 2.24) is 9.55 Å². The van der Waals surface area contributed by atoms with Crippen molar-refractivity contribution >= 4 is 5.69 Å². The normalized spacial score (nSPS) is 11.7. The number of anilines is 1. The summed E-state index contributed by atoms with van der Waals surface area (Å²) in [6.07, 6.45) is 24.0. The number of nitrogens with two attached hydrogens (primary N) is 2. The van der Waals surface area contributed by atoms with Gasteiger partial charge in [-0.2, -0.15) is 4.39 Å². The number of H-pyrrole nitrogens is 1. The first kappa shape index (κ1) is 31.8. The number of nitrogens with zero attached hydrogens (tertiary/aromatic N) is 1. The molecule has 6 N–H and O–H groups in total. The monoisotopic (exact) mass is 531 g/mol. The number of halogens is 1. The second kappa shape index (κ2) is 17.9. The van der Waals surface area contributed by atoms with E-state index in [1.165, 1.54) is 96.3 Å². The van der Waals surface area contributed by atoms with Crippen LogP contribution in [0.4, 0.5) is 10.1 Å². The largest absolute Gasteiger partial charge is 0.355 e. The molecular weight excluding hydrogens is 481 g/mol. The minimum Gasteiger partial charge on any atom is -0.355 e. The number of nitrogens with one attached hydrogen (secondary N) is 2. The summed E-state index contributed by atoms with van der Waals surface area (Å²) in [4.78, 5) is 25.1. The molecule has 0 unspecified atom stereocenters. The Morgan fingerprint density at radius 2 is 1.21 bits per heavy atom. The number of aromatic amines is 1. The van der Waals surface area contributed by atoms with E-state index in [-0.39, 0.29) is 0 Å². The minimum atomic E-state index is -1.04. The molecule has 0 bridgehead atoms. The number of benzene rings is 1. The number of hydrogen-bond donors (Lipinski definition) is 4. The predicted octanol–water partition coefficient (Wildman–Crippen LogP) is 6.69. The summed E-state index contributed by atoms with van der Waals surface area (Å²) in [7, 11) is 0. The Balaban J connectivity index is 1.51. The van der Waals surface area contributed by atoms with E-state index in [9.17, 15) is 14.0 Å². The Bertz CT molecular complexity index is 1020. The van der Waals surface area contributed by atoms with Gasteiger partial charge in [0, 0.05) is 5.69 Å². The molecule has 0 aliphatic carbocycles. The molecule has 0 atom stereocenters. The van der Waals surface area contributed by atoms with Gasteiger partial charge in [0.05, 0.1) is 11.9 Å². The summed E-state index contributed by atoms with van der Waals surface area (Å²) in [6.45, 7) is 2.27. The van der Waals surface area contributed by atoms with Crippen LogP contribution in [0.2, 0.25) is 0 Å². The van der Waals surface area contributed by atoms with Gasteiger partial charge in [0.25, 0.3) is 5.56 Å². The Kier molecular flexibility index (Phi) is 15.0. The Hall–Kier alpha value is -2.45. The fraction of sp³-hybridized carbons (Fsp3) is 0.667. The molecule has 214 valence electrons. The van der Waals surface area contributed by atoms with Crippen molar-refractivity contribution in [2.24, 2.45) is 11.5 Å². The maximum absolute atomic E-state index is 13.5. The van der Waals surface area contributed by atoms with Gasteiger partial charge in [-0.3, -0.25) is 25.8 Å². The molecule has 1 aromatic carbocycles. The lowest BCUT2D eigenvalue weighted by Crippen LogP contribution is -2.56. The van der Waals surface area contributed by atoms with Crippen LogP contribution in [0, 0.1) is 5.82 Å². The molecular formula is C30H50FN5O2. The first-order valence-electron chi connectivity index (χ1n) is 14.8. The first-order chi connectivity index (χ1) is 18.3. The Labute approximate surface area is 227 Å². The van der Waals surface area contributed by atoms with Crippen LogP contribution >= 0.6 is 0 Å². The molecule has 7 nitrogen and oxygen atoms in total. The number of rotatable bonds is 21. The smallest absolute Gasteiger partial charge is 0.333 e. The zero-order chi connectivity index (χ0) is 27.6. The van der Waals surface area contributed by atoms with E-state index in [0.29, 0.717) is 17.8 Å². The van der Waals surface area contributed by atoms with E-state index in [1.54, 1.807) is 24.3 Å². The lowest BCUT2D eigenvalue weighted by molar-refractivity contribution is 0.432. The lowest BCUT2D eigenvalue weighted by atomic mass is 10.0. The second-order valence-electron chi connectivity index (χ2n) is 10.7. The molecule has 2 rings (SSSR count). The van der Waals surface area contributed by atoms with Crippen molar-refractivity contribution in [3.05, 3.63) is 57.1 Å². The van der Waals surface area contributed by atoms with Gasteiger partial charge < -0.3 is 5.32 Å². The molecule has 0 radical (unpaired) electrons. The van der Waals surface area contributed by atoms with Crippen LogP contribution in [0.15, 0.2) is 40.1 Å². The Morgan fingerprint density at radius 1 is 0.763 bits per heavy atom. The highest BCUT2D eigenvalue weighted by molar-refractivity contribution is 5.50. The fourth-order valence-electron chi connectivity index (χ4n) is 4.82. The lowest BCUT2D eigenvalue weighted by Gasteiger charge is -2.27. The third-order valence-electron chi connectivity index (χ3n) is 7.12. The van der Waals surface area contributed by atoms with Crippen LogP contribution in [0.25, 0.3) is 5.69 Å². The molecule has 2 aromatic rings. The van der Waals surface area contributed by atoms with Crippen molar-refractivity contribution in [2.75, 3.05) is 5.32 Å². The van der Waals surface area contributed by atoms with Crippen molar-refractivity contribution in [3.63, 3.8) is 0 Å². The summed E-state index contributed by atoms with van der Waals surface area (Å²) in [5.74, 6) is -2.07. The average molecular weight is 532 g/mol. The summed E-state index contributed by atoms with van der Waals surface area (Å²) in [5, 5.41) is 3.12. The summed E-state index contributed by atoms with van der Waals surface area (Å²) in [5.41, 5.74) is 11.9. The molecule has 0 saturated heterocycles. The topological polar surface area (TPSA) is 119 Å². The van der Waals surface area contributed by atoms with Gasteiger partial charge in [-0.15, -0.1) is 0 Å². The van der Waals surface area contributed by atoms with E-state index < -0.39 is 22.9 Å². The summed E-state index contributed by atoms with van der Waals surface area (Å²) >= 11 is 0. The van der Waals surface area contributed by atoms with Crippen LogP contribution < -0.4 is 28.0 Å². The molecule has 1 aromatic heterocycles. The molecule has 0 fully saturated rings. The van der Waals surface area contributed by atoms with E-state index in [4.69, 9.17) is 11.5 Å². The zero-order valence-electron chi connectivity index (χ0n) is 23.4. The molecule has 0 spiro atoms. The number of aromatic nitrogens is 2. The summed E-state index contributed by atoms with van der Waals surface area (Å²) < 4.78 is 14.6. The highest BCUT2D eigenvalue weighted by Gasteiger charge is 2.18. The van der Waals surface area contributed by atoms with E-state index in [0.717, 1.165) is 23.6 Å². The van der Waals surface area contributed by atoms with E-state index in [2.05, 4.69) is 12.2 Å². The van der Waals surface area contributed by atoms with Crippen molar-refractivity contribution in [3.8, 4) is 5.69 Å². The third kappa shape index (κ3) is 12.9. The highest BCUT2D eigenvalue weighted by Crippen LogP contribution is 2.18. The van der Waals surface area contributed by atoms with Crippen LogP contribution in [0.3, 0.4) is 0 Å². The minimum absolute atomic E-state index is 0.420. The second-order valence-corrected chi connectivity index (χ2v) is 10.7. The molecule has 0 amide bonds. The van der Waals surface area contributed by atoms with Gasteiger partial charge in [-0.25, -0.2) is 4.79 Å². The van der Waals surface area contributed by atoms with Gasteiger partial charge in [0.2, 0.25) is 5.82 Å². The van der Waals surface area contributed by atoms with Crippen molar-refractivity contribution in [1.29, 1.82) is 0 Å². The van der Waals surface area contributed by atoms with Gasteiger partial charge in [0.15, 0.2) is 0 Å². The molecule has 0 aliphatic heterocycles. The SMILES string of the molecule is CCCCCCCCCCCCCCCCCCCC(N)(N)Nc1ccc(-n2cc(F)c(=O)[nH]c2=O)cc1. The molecule has 0 aliphatic rings. The highest BCUT2D eigenvalue weighted by atomic mass is 19.1. The molecule has 1 heterocycles. The molecule has 8 heteroatoms. The van der Waals surface area contributed by atoms with Crippen LogP contribution in [0.5, 0.6) is 0 Å². The molecule has 38 heavy (non-hydrogen) atoms. The first-order valence-corrected chi connectivity index (χ1v) is 14.8. The standard InChI is InChI=1S/C30H50FN5O2/c1-2-3-4-5-6-7-8-9-10-11-12-13-14-15-16-17-18-23-30(32,33)35-25-19-21-26(22-20-25)36-24-27(31)28(37)34-29(36)38/h19-22,24,35H,2-18,23,32-33H2,1H3,(H,34,37,38). The van der Waals surface area contributed by atoms with E-state index in [1.807, 2.05) is 4.98 Å². The molecule has 0 saturated carbocycles. The summed E-state index contributed by atoms with van der Waals surface area (Å²) in [6, 6.07) is 6.70. The maximum Gasteiger partial charge on any atom is 0.333 e. The quantitative estimate of drug-likeness (QED) is 0.106. The zero-order valence-corrected chi connectivity index (χ0v) is 23.4. The van der Waals surface area contributed by atoms with Crippen LogP contribution in [-0.2, 0) is 0 Å². The fourth-order valence-corrected chi connectivity index (χ4v) is 4.82. The van der Waals surface area contributed by atoms with Gasteiger partial charge >= 0.3 is 5.69 Å². The van der Waals surface area contributed by atoms with Crippen LogP contribution in [-0.4, -0.2) is 15.3 Å². The van der Waals surface area contributed by atoms with Crippen LogP contribution in [0.1, 0.15) is 122 Å². The third-order valence-corrected chi connectivity index (χ3v) is 7.12. The number of unbranched alkanes of at least 4 members (excludes halogenated alkanes) is 16. The number of hydrogen-bond acceptors (Lipinski definition) is 5. The maximum atomic E-state index is 13.5. The Morgan fingerprint density at radius 3 is 1.68 bits per heavy atom. The van der Waals surface area contributed by atoms with Crippen molar-refractivity contribution < 1.29 is 4.39 Å². The average Bonchev–Trinajstić information content (AvgIpc) is 2.88. The predicted molar refractivity (Wildman–Crippen MR) is 156 cm³/mol. The van der Waals surface area contributed by atoms with E-state index >= 15 is 0 Å². The van der Waals surface area contributed by atoms with Gasteiger partial charge in [0.1, 0.15) is 5.79 Å².